The third-order valence-corrected chi connectivity index (χ3v) is 5.41. The van der Waals surface area contributed by atoms with Crippen molar-refractivity contribution in [1.82, 2.24) is 30.2 Å². The topological polar surface area (TPSA) is 131 Å². The Morgan fingerprint density at radius 2 is 2.06 bits per heavy atom. The summed E-state index contributed by atoms with van der Waals surface area (Å²) in [5.74, 6) is 2.35. The van der Waals surface area contributed by atoms with Crippen LogP contribution in [0.1, 0.15) is 49.8 Å². The molecule has 4 rings (SSSR count). The third-order valence-electron chi connectivity index (χ3n) is 5.41. The molecule has 10 nitrogen and oxygen atoms in total. The first-order chi connectivity index (χ1) is 15.1. The summed E-state index contributed by atoms with van der Waals surface area (Å²) in [5, 5.41) is 14.6. The van der Waals surface area contributed by atoms with E-state index < -0.39 is 0 Å². The number of rotatable bonds is 11. The molecule has 31 heavy (non-hydrogen) atoms. The second-order valence-electron chi connectivity index (χ2n) is 7.76. The number of aryl methyl sites for hydroxylation is 1. The second-order valence-corrected chi connectivity index (χ2v) is 7.76. The smallest absolute Gasteiger partial charge is 0.230 e. The SMILES string of the molecule is CCN(CC)CCOc1nc(NCc2cc(C)no2)nc(N)c1-c1cc(C2CC2)[nH]n1. The van der Waals surface area contributed by atoms with Crippen molar-refractivity contribution in [3.05, 3.63) is 29.3 Å². The first-order valence-electron chi connectivity index (χ1n) is 10.8. The molecule has 0 spiro atoms. The number of aromatic nitrogens is 5. The van der Waals surface area contributed by atoms with E-state index in [0.717, 1.165) is 31.0 Å². The zero-order chi connectivity index (χ0) is 21.8. The number of nitrogens with two attached hydrogens (primary N) is 1. The average Bonchev–Trinajstić information content (AvgIpc) is 3.35. The lowest BCUT2D eigenvalue weighted by atomic mass is 10.2. The molecule has 4 N–H and O–H groups in total. The fraction of sp³-hybridized carbons (Fsp3) is 0.524. The molecule has 0 saturated heterocycles. The van der Waals surface area contributed by atoms with Gasteiger partial charge in [-0.25, -0.2) is 0 Å². The minimum atomic E-state index is 0.318. The van der Waals surface area contributed by atoms with Gasteiger partial charge in [0.2, 0.25) is 11.8 Å². The summed E-state index contributed by atoms with van der Waals surface area (Å²) >= 11 is 0. The van der Waals surface area contributed by atoms with Gasteiger partial charge < -0.3 is 25.2 Å². The van der Waals surface area contributed by atoms with E-state index in [-0.39, 0.29) is 0 Å². The number of aromatic amines is 1. The molecule has 0 radical (unpaired) electrons. The summed E-state index contributed by atoms with van der Waals surface area (Å²) in [4.78, 5) is 11.3. The van der Waals surface area contributed by atoms with E-state index in [1.807, 2.05) is 19.1 Å². The third kappa shape index (κ3) is 5.13. The molecular formula is C21H30N8O2. The van der Waals surface area contributed by atoms with Crippen LogP contribution in [0, 0.1) is 6.92 Å². The highest BCUT2D eigenvalue weighted by molar-refractivity contribution is 5.77. The van der Waals surface area contributed by atoms with Gasteiger partial charge in [0.1, 0.15) is 23.7 Å². The fourth-order valence-corrected chi connectivity index (χ4v) is 3.43. The van der Waals surface area contributed by atoms with E-state index >= 15 is 0 Å². The van der Waals surface area contributed by atoms with Crippen LogP contribution in [-0.4, -0.2) is 56.5 Å². The normalized spacial score (nSPS) is 13.7. The van der Waals surface area contributed by atoms with Crippen molar-refractivity contribution in [2.75, 3.05) is 37.3 Å². The van der Waals surface area contributed by atoms with Crippen molar-refractivity contribution in [1.29, 1.82) is 0 Å². The van der Waals surface area contributed by atoms with Crippen LogP contribution in [0.15, 0.2) is 16.7 Å². The number of hydrogen-bond acceptors (Lipinski definition) is 9. The Morgan fingerprint density at radius 1 is 1.26 bits per heavy atom. The van der Waals surface area contributed by atoms with E-state index in [1.165, 1.54) is 12.8 Å². The van der Waals surface area contributed by atoms with Gasteiger partial charge in [0, 0.05) is 24.2 Å². The number of likely N-dealkylation sites (N-methyl/N-ethyl adjacent to an activating group) is 1. The van der Waals surface area contributed by atoms with Crippen LogP contribution in [-0.2, 0) is 6.54 Å². The summed E-state index contributed by atoms with van der Waals surface area (Å²) < 4.78 is 11.3. The van der Waals surface area contributed by atoms with Crippen molar-refractivity contribution in [2.24, 2.45) is 0 Å². The number of hydrogen-bond donors (Lipinski definition) is 3. The lowest BCUT2D eigenvalue weighted by Gasteiger charge is -2.19. The van der Waals surface area contributed by atoms with Gasteiger partial charge in [-0.05, 0) is 38.9 Å². The Bertz CT molecular complexity index is 1010. The highest BCUT2D eigenvalue weighted by Crippen LogP contribution is 2.41. The predicted octanol–water partition coefficient (Wildman–Crippen LogP) is 2.96. The van der Waals surface area contributed by atoms with Gasteiger partial charge in [0.25, 0.3) is 0 Å². The number of nitrogens with zero attached hydrogens (tertiary/aromatic N) is 5. The second kappa shape index (κ2) is 9.34. The molecule has 0 amide bonds. The van der Waals surface area contributed by atoms with E-state index in [1.54, 1.807) is 0 Å². The molecule has 3 aromatic rings. The number of ether oxygens (including phenoxy) is 1. The van der Waals surface area contributed by atoms with Crippen molar-refractivity contribution >= 4 is 11.8 Å². The maximum atomic E-state index is 6.34. The zero-order valence-electron chi connectivity index (χ0n) is 18.3. The maximum absolute atomic E-state index is 6.34. The molecule has 3 heterocycles. The minimum Gasteiger partial charge on any atom is -0.476 e. The summed E-state index contributed by atoms with van der Waals surface area (Å²) in [6.07, 6.45) is 2.37. The lowest BCUT2D eigenvalue weighted by Crippen LogP contribution is -2.28. The molecule has 1 fully saturated rings. The number of H-pyrrole nitrogens is 1. The molecule has 0 unspecified atom stereocenters. The summed E-state index contributed by atoms with van der Waals surface area (Å²) in [6, 6.07) is 3.88. The Labute approximate surface area is 181 Å². The van der Waals surface area contributed by atoms with Gasteiger partial charge in [-0.1, -0.05) is 19.0 Å². The van der Waals surface area contributed by atoms with Gasteiger partial charge in [-0.2, -0.15) is 15.1 Å². The molecule has 0 aromatic carbocycles. The summed E-state index contributed by atoms with van der Waals surface area (Å²) in [7, 11) is 0. The Kier molecular flexibility index (Phi) is 6.36. The molecule has 0 aliphatic heterocycles. The summed E-state index contributed by atoms with van der Waals surface area (Å²) in [5.41, 5.74) is 9.59. The van der Waals surface area contributed by atoms with Crippen LogP contribution in [0.25, 0.3) is 11.3 Å². The van der Waals surface area contributed by atoms with Crippen molar-refractivity contribution in [3.63, 3.8) is 0 Å². The van der Waals surface area contributed by atoms with Crippen LogP contribution >= 0.6 is 0 Å². The van der Waals surface area contributed by atoms with Crippen LogP contribution in [0.5, 0.6) is 5.88 Å². The number of nitrogen functional groups attached to an aromatic ring is 1. The van der Waals surface area contributed by atoms with E-state index in [9.17, 15) is 0 Å². The highest BCUT2D eigenvalue weighted by Gasteiger charge is 2.27. The van der Waals surface area contributed by atoms with Gasteiger partial charge in [-0.15, -0.1) is 0 Å². The van der Waals surface area contributed by atoms with Crippen molar-refractivity contribution in [2.45, 2.75) is 46.1 Å². The molecule has 166 valence electrons. The van der Waals surface area contributed by atoms with E-state index in [4.69, 9.17) is 15.0 Å². The standard InChI is InChI=1S/C21H30N8O2/c1-4-29(5-2)8-9-30-20-18(17-11-16(26-27-17)14-6-7-14)19(22)24-21(25-20)23-12-15-10-13(3)28-31-15/h10-11,14H,4-9,12H2,1-3H3,(H,26,27)(H3,22,23,24,25). The Balaban J connectivity index is 1.56. The monoisotopic (exact) mass is 426 g/mol. The quantitative estimate of drug-likeness (QED) is 0.423. The Hall–Kier alpha value is -3.14. The maximum Gasteiger partial charge on any atom is 0.230 e. The first kappa shape index (κ1) is 21.1. The van der Waals surface area contributed by atoms with Crippen LogP contribution < -0.4 is 15.8 Å². The van der Waals surface area contributed by atoms with E-state index in [0.29, 0.717) is 53.7 Å². The molecule has 1 aliphatic rings. The van der Waals surface area contributed by atoms with Gasteiger partial charge in [-0.3, -0.25) is 5.10 Å². The lowest BCUT2D eigenvalue weighted by molar-refractivity contribution is 0.218. The highest BCUT2D eigenvalue weighted by atomic mass is 16.5. The minimum absolute atomic E-state index is 0.318. The molecular weight excluding hydrogens is 396 g/mol. The van der Waals surface area contributed by atoms with Gasteiger partial charge in [0.15, 0.2) is 5.76 Å². The molecule has 1 aliphatic carbocycles. The average molecular weight is 427 g/mol. The Morgan fingerprint density at radius 3 is 2.74 bits per heavy atom. The van der Waals surface area contributed by atoms with Crippen LogP contribution in [0.2, 0.25) is 0 Å². The first-order valence-corrected chi connectivity index (χ1v) is 10.8. The molecule has 10 heteroatoms. The molecule has 0 atom stereocenters. The van der Waals surface area contributed by atoms with Crippen molar-refractivity contribution < 1.29 is 9.26 Å². The fourth-order valence-electron chi connectivity index (χ4n) is 3.43. The van der Waals surface area contributed by atoms with Gasteiger partial charge in [0.05, 0.1) is 12.2 Å². The van der Waals surface area contributed by atoms with Gasteiger partial charge >= 0.3 is 0 Å². The number of anilines is 2. The molecule has 0 bridgehead atoms. The van der Waals surface area contributed by atoms with E-state index in [2.05, 4.69) is 49.4 Å². The van der Waals surface area contributed by atoms with Crippen molar-refractivity contribution in [3.8, 4) is 17.1 Å². The predicted molar refractivity (Wildman–Crippen MR) is 118 cm³/mol. The van der Waals surface area contributed by atoms with Crippen LogP contribution in [0.4, 0.5) is 11.8 Å². The largest absolute Gasteiger partial charge is 0.476 e. The molecule has 3 aromatic heterocycles. The summed E-state index contributed by atoms with van der Waals surface area (Å²) in [6.45, 7) is 9.75. The van der Waals surface area contributed by atoms with Crippen LogP contribution in [0.3, 0.4) is 0 Å². The zero-order valence-corrected chi connectivity index (χ0v) is 18.3. The number of nitrogens with one attached hydrogen (secondary N) is 2. The molecule has 1 saturated carbocycles.